The van der Waals surface area contributed by atoms with Crippen LogP contribution in [0.25, 0.3) is 10.9 Å². The third-order valence-electron chi connectivity index (χ3n) is 7.53. The minimum Gasteiger partial charge on any atom is -0.497 e. The molecule has 0 aliphatic carbocycles. The second-order valence-electron chi connectivity index (χ2n) is 10.6. The molecular weight excluding hydrogens is 593 g/mol. The van der Waals surface area contributed by atoms with Crippen molar-refractivity contribution in [3.05, 3.63) is 72.2 Å². The number of nitrogens with zero attached hydrogens (tertiary/aromatic N) is 3. The maximum absolute atomic E-state index is 15.1. The van der Waals surface area contributed by atoms with Crippen LogP contribution in [0.1, 0.15) is 31.2 Å². The van der Waals surface area contributed by atoms with E-state index in [1.165, 1.54) is 44.7 Å². The number of aromatic nitrogens is 1. The summed E-state index contributed by atoms with van der Waals surface area (Å²) in [5.74, 6) is 1.96. The molecule has 0 radical (unpaired) electrons. The fraction of sp³-hybridized carbons (Fsp3) is 0.324. The number of urea groups is 1. The molecule has 3 aromatic carbocycles. The van der Waals surface area contributed by atoms with Gasteiger partial charge in [0.25, 0.3) is 0 Å². The Hall–Kier alpha value is -5.10. The van der Waals surface area contributed by atoms with Crippen molar-refractivity contribution in [2.75, 3.05) is 52.9 Å². The molecule has 1 saturated heterocycles. The molecule has 2 heterocycles. The van der Waals surface area contributed by atoms with E-state index in [1.807, 2.05) is 0 Å². The first-order valence-corrected chi connectivity index (χ1v) is 15.1. The monoisotopic (exact) mass is 631 g/mol. The number of halogens is 1. The van der Waals surface area contributed by atoms with Gasteiger partial charge < -0.3 is 33.9 Å². The maximum atomic E-state index is 15.1. The number of pyridine rings is 1. The highest BCUT2D eigenvalue weighted by atomic mass is 19.1. The number of carbonyl (C=O) groups excluding carboxylic acids is 1. The standard InChI is InChI=1S/C34H38FN5O6/c1-42-25-9-11-29(43-2)23(18-25)22-37-39-34(41)38-24-8-10-31(27(35)19-24)46-30-12-13-36-28-21-33(32(44-3)20-26(28)30)45-17-7-16-40-14-5-4-6-15-40/h8-13,18-22H,4-7,14-17H2,1-3H3,(H2,38,39,41)/b37-22+. The van der Waals surface area contributed by atoms with Gasteiger partial charge in [-0.15, -0.1) is 0 Å². The highest BCUT2D eigenvalue weighted by Gasteiger charge is 2.15. The lowest BCUT2D eigenvalue weighted by molar-refractivity contribution is 0.203. The summed E-state index contributed by atoms with van der Waals surface area (Å²) in [4.78, 5) is 19.3. The Morgan fingerprint density at radius 3 is 2.48 bits per heavy atom. The summed E-state index contributed by atoms with van der Waals surface area (Å²) < 4.78 is 43.2. The summed E-state index contributed by atoms with van der Waals surface area (Å²) in [6.45, 7) is 3.86. The van der Waals surface area contributed by atoms with Crippen molar-refractivity contribution in [1.29, 1.82) is 0 Å². The van der Waals surface area contributed by atoms with Crippen LogP contribution >= 0.6 is 0 Å². The summed E-state index contributed by atoms with van der Waals surface area (Å²) in [6.07, 6.45) is 7.75. The van der Waals surface area contributed by atoms with Crippen molar-refractivity contribution < 1.29 is 32.9 Å². The molecule has 2 amide bonds. The van der Waals surface area contributed by atoms with Gasteiger partial charge in [-0.25, -0.2) is 14.6 Å². The summed E-state index contributed by atoms with van der Waals surface area (Å²) >= 11 is 0. The van der Waals surface area contributed by atoms with Crippen LogP contribution in [0.5, 0.6) is 34.5 Å². The van der Waals surface area contributed by atoms with E-state index in [0.29, 0.717) is 51.8 Å². The Kier molecular flexibility index (Phi) is 11.1. The zero-order valence-electron chi connectivity index (χ0n) is 26.2. The number of hydrazone groups is 1. The number of hydrogen-bond donors (Lipinski definition) is 2. The lowest BCUT2D eigenvalue weighted by Gasteiger charge is -2.26. The number of benzene rings is 3. The predicted octanol–water partition coefficient (Wildman–Crippen LogP) is 6.60. The van der Waals surface area contributed by atoms with Crippen molar-refractivity contribution in [3.8, 4) is 34.5 Å². The lowest BCUT2D eigenvalue weighted by atomic mass is 10.1. The van der Waals surface area contributed by atoms with Crippen LogP contribution in [-0.4, -0.2) is 69.7 Å². The molecule has 0 atom stereocenters. The SMILES string of the molecule is COc1ccc(OC)c(/C=N/NC(=O)Nc2ccc(Oc3ccnc4cc(OCCCN5CCCCC5)c(OC)cc34)c(F)c2)c1. The molecule has 11 nitrogen and oxygen atoms in total. The average molecular weight is 632 g/mol. The van der Waals surface area contributed by atoms with Crippen molar-refractivity contribution in [2.45, 2.75) is 25.7 Å². The zero-order valence-corrected chi connectivity index (χ0v) is 26.2. The van der Waals surface area contributed by atoms with Gasteiger partial charge in [-0.05, 0) is 74.8 Å². The third kappa shape index (κ3) is 8.33. The van der Waals surface area contributed by atoms with Crippen molar-refractivity contribution in [2.24, 2.45) is 5.10 Å². The molecule has 2 N–H and O–H groups in total. The zero-order chi connectivity index (χ0) is 32.3. The molecular formula is C34H38FN5O6. The van der Waals surface area contributed by atoms with E-state index in [-0.39, 0.29) is 11.4 Å². The molecule has 0 bridgehead atoms. The molecule has 0 spiro atoms. The lowest BCUT2D eigenvalue weighted by Crippen LogP contribution is -2.31. The van der Waals surface area contributed by atoms with Gasteiger partial charge in [-0.1, -0.05) is 6.42 Å². The summed E-state index contributed by atoms with van der Waals surface area (Å²) in [7, 11) is 4.64. The van der Waals surface area contributed by atoms with E-state index in [1.54, 1.807) is 56.8 Å². The van der Waals surface area contributed by atoms with Gasteiger partial charge in [0.05, 0.1) is 39.7 Å². The first-order valence-electron chi connectivity index (χ1n) is 15.1. The van der Waals surface area contributed by atoms with E-state index in [2.05, 4.69) is 25.7 Å². The van der Waals surface area contributed by atoms with Gasteiger partial charge in [0, 0.05) is 41.5 Å². The van der Waals surface area contributed by atoms with Gasteiger partial charge in [-0.3, -0.25) is 4.98 Å². The number of ether oxygens (including phenoxy) is 5. The Bertz CT molecular complexity index is 1680. The number of fused-ring (bicyclic) bond motifs is 1. The molecule has 1 aliphatic rings. The number of carbonyl (C=O) groups is 1. The van der Waals surface area contributed by atoms with E-state index in [9.17, 15) is 4.79 Å². The van der Waals surface area contributed by atoms with Crippen LogP contribution in [0.15, 0.2) is 65.9 Å². The van der Waals surface area contributed by atoms with E-state index in [4.69, 9.17) is 23.7 Å². The van der Waals surface area contributed by atoms with Gasteiger partial charge >= 0.3 is 6.03 Å². The van der Waals surface area contributed by atoms with Crippen molar-refractivity contribution >= 4 is 28.8 Å². The molecule has 1 aliphatic heterocycles. The topological polar surface area (TPSA) is 116 Å². The average Bonchev–Trinajstić information content (AvgIpc) is 3.08. The van der Waals surface area contributed by atoms with E-state index >= 15 is 4.39 Å². The molecule has 242 valence electrons. The van der Waals surface area contributed by atoms with E-state index < -0.39 is 11.8 Å². The number of likely N-dealkylation sites (tertiary alicyclic amines) is 1. The highest BCUT2D eigenvalue weighted by molar-refractivity contribution is 5.91. The normalized spacial score (nSPS) is 13.4. The summed E-state index contributed by atoms with van der Waals surface area (Å²) in [5.41, 5.74) is 3.77. The molecule has 1 fully saturated rings. The first kappa shape index (κ1) is 32.3. The van der Waals surface area contributed by atoms with Crippen LogP contribution < -0.4 is 34.4 Å². The van der Waals surface area contributed by atoms with Crippen molar-refractivity contribution in [3.63, 3.8) is 0 Å². The summed E-state index contributed by atoms with van der Waals surface area (Å²) in [5, 5.41) is 7.11. The first-order chi connectivity index (χ1) is 22.5. The quantitative estimate of drug-likeness (QED) is 0.0964. The number of piperidine rings is 1. The summed E-state index contributed by atoms with van der Waals surface area (Å²) in [6, 6.07) is 13.8. The van der Waals surface area contributed by atoms with Crippen LogP contribution in [0.3, 0.4) is 0 Å². The predicted molar refractivity (Wildman–Crippen MR) is 174 cm³/mol. The number of amides is 2. The Balaban J connectivity index is 1.20. The molecule has 1 aromatic heterocycles. The Morgan fingerprint density at radius 1 is 0.913 bits per heavy atom. The number of anilines is 1. The number of rotatable bonds is 13. The second kappa shape index (κ2) is 15.8. The number of hydrogen-bond acceptors (Lipinski definition) is 9. The molecule has 12 heteroatoms. The Labute approximate surface area is 267 Å². The van der Waals surface area contributed by atoms with E-state index in [0.717, 1.165) is 32.1 Å². The molecule has 4 aromatic rings. The minimum absolute atomic E-state index is 0.0291. The van der Waals surface area contributed by atoms with Crippen LogP contribution in [-0.2, 0) is 0 Å². The number of nitrogens with one attached hydrogen (secondary N) is 2. The smallest absolute Gasteiger partial charge is 0.339 e. The maximum Gasteiger partial charge on any atom is 0.339 e. The second-order valence-corrected chi connectivity index (χ2v) is 10.6. The fourth-order valence-electron chi connectivity index (χ4n) is 5.18. The van der Waals surface area contributed by atoms with Crippen LogP contribution in [0, 0.1) is 5.82 Å². The fourth-order valence-corrected chi connectivity index (χ4v) is 5.18. The molecule has 5 rings (SSSR count). The number of methoxy groups -OCH3 is 3. The highest BCUT2D eigenvalue weighted by Crippen LogP contribution is 2.38. The largest absolute Gasteiger partial charge is 0.497 e. The third-order valence-corrected chi connectivity index (χ3v) is 7.53. The van der Waals surface area contributed by atoms with Gasteiger partial charge in [0.2, 0.25) is 0 Å². The van der Waals surface area contributed by atoms with Gasteiger partial charge in [0.15, 0.2) is 23.1 Å². The van der Waals surface area contributed by atoms with Crippen molar-refractivity contribution in [1.82, 2.24) is 15.3 Å². The molecule has 0 unspecified atom stereocenters. The Morgan fingerprint density at radius 2 is 1.72 bits per heavy atom. The van der Waals surface area contributed by atoms with Gasteiger partial charge in [-0.2, -0.15) is 5.10 Å². The van der Waals surface area contributed by atoms with Gasteiger partial charge in [0.1, 0.15) is 17.2 Å². The molecule has 0 saturated carbocycles. The minimum atomic E-state index is -0.673. The molecule has 46 heavy (non-hydrogen) atoms. The van der Waals surface area contributed by atoms with Crippen LogP contribution in [0.4, 0.5) is 14.9 Å². The van der Waals surface area contributed by atoms with Crippen LogP contribution in [0.2, 0.25) is 0 Å².